The molecule has 2 heterocycles. The Bertz CT molecular complexity index is 735. The zero-order valence-corrected chi connectivity index (χ0v) is 13.4. The van der Waals surface area contributed by atoms with Gasteiger partial charge in [-0.3, -0.25) is 14.3 Å². The Hall–Kier alpha value is -2.70. The van der Waals surface area contributed by atoms with Gasteiger partial charge in [-0.15, -0.1) is 0 Å². The number of benzene rings is 1. The normalized spacial score (nSPS) is 14.3. The van der Waals surface area contributed by atoms with Crippen molar-refractivity contribution in [1.82, 2.24) is 20.0 Å². The number of nitrogens with zero attached hydrogens (tertiary/aromatic N) is 3. The number of hydrogen-bond acceptors (Lipinski definition) is 3. The molecule has 1 aliphatic heterocycles. The molecule has 2 amide bonds. The van der Waals surface area contributed by atoms with Gasteiger partial charge in [0.2, 0.25) is 5.91 Å². The Morgan fingerprint density at radius 1 is 1.25 bits per heavy atom. The molecule has 0 radical (unpaired) electrons. The summed E-state index contributed by atoms with van der Waals surface area (Å²) in [4.78, 5) is 25.9. The van der Waals surface area contributed by atoms with Gasteiger partial charge in [0, 0.05) is 32.9 Å². The topological polar surface area (TPSA) is 67.2 Å². The molecule has 1 fully saturated rings. The molecule has 1 aromatic carbocycles. The lowest BCUT2D eigenvalue weighted by Gasteiger charge is -2.38. The summed E-state index contributed by atoms with van der Waals surface area (Å²) >= 11 is 0. The highest BCUT2D eigenvalue weighted by atomic mass is 19.1. The molecule has 0 aliphatic carbocycles. The molecule has 0 atom stereocenters. The molecule has 24 heavy (non-hydrogen) atoms. The van der Waals surface area contributed by atoms with E-state index in [0.29, 0.717) is 31.7 Å². The number of carbonyl (C=O) groups excluding carboxylic acids is 2. The minimum atomic E-state index is -0.268. The molecule has 3 rings (SSSR count). The molecule has 1 saturated heterocycles. The smallest absolute Gasteiger partial charge is 0.272 e. The third-order valence-electron chi connectivity index (χ3n) is 4.21. The summed E-state index contributed by atoms with van der Waals surface area (Å²) in [5, 5.41) is 6.84. The Labute approximate surface area is 139 Å². The van der Waals surface area contributed by atoms with Crippen LogP contribution in [-0.4, -0.2) is 46.1 Å². The summed E-state index contributed by atoms with van der Waals surface area (Å²) in [6.45, 7) is 1.34. The van der Waals surface area contributed by atoms with E-state index in [0.717, 1.165) is 5.56 Å². The van der Waals surface area contributed by atoms with Gasteiger partial charge in [-0.1, -0.05) is 12.1 Å². The van der Waals surface area contributed by atoms with E-state index in [2.05, 4.69) is 10.4 Å². The summed E-state index contributed by atoms with van der Waals surface area (Å²) in [6.07, 6.45) is 2.23. The van der Waals surface area contributed by atoms with Crippen molar-refractivity contribution < 1.29 is 14.0 Å². The number of likely N-dealkylation sites (tertiary alicyclic amines) is 1. The highest BCUT2D eigenvalue weighted by Gasteiger charge is 2.36. The fraction of sp³-hybridized carbons (Fsp3) is 0.353. The van der Waals surface area contributed by atoms with Gasteiger partial charge in [0.05, 0.1) is 5.92 Å². The molecule has 1 aromatic heterocycles. The van der Waals surface area contributed by atoms with E-state index in [1.165, 1.54) is 16.8 Å². The maximum atomic E-state index is 12.8. The van der Waals surface area contributed by atoms with Crippen molar-refractivity contribution >= 4 is 11.8 Å². The molecule has 7 heteroatoms. The summed E-state index contributed by atoms with van der Waals surface area (Å²) < 4.78 is 14.3. The number of carbonyl (C=O) groups is 2. The van der Waals surface area contributed by atoms with Gasteiger partial charge >= 0.3 is 0 Å². The summed E-state index contributed by atoms with van der Waals surface area (Å²) in [7, 11) is 1.71. The van der Waals surface area contributed by atoms with Crippen molar-refractivity contribution in [1.29, 1.82) is 0 Å². The van der Waals surface area contributed by atoms with Crippen LogP contribution in [0, 0.1) is 11.7 Å². The minimum Gasteiger partial charge on any atom is -0.355 e. The van der Waals surface area contributed by atoms with E-state index in [1.54, 1.807) is 36.3 Å². The van der Waals surface area contributed by atoms with Crippen LogP contribution in [0.4, 0.5) is 4.39 Å². The molecule has 0 spiro atoms. The molecule has 6 nitrogen and oxygen atoms in total. The van der Waals surface area contributed by atoms with Crippen LogP contribution in [0.2, 0.25) is 0 Å². The highest BCUT2D eigenvalue weighted by molar-refractivity contribution is 5.94. The van der Waals surface area contributed by atoms with E-state index in [-0.39, 0.29) is 23.5 Å². The van der Waals surface area contributed by atoms with E-state index in [9.17, 15) is 14.0 Å². The van der Waals surface area contributed by atoms with E-state index in [4.69, 9.17) is 0 Å². The molecular formula is C17H19FN4O2. The molecule has 0 bridgehead atoms. The fourth-order valence-electron chi connectivity index (χ4n) is 2.68. The van der Waals surface area contributed by atoms with Crippen LogP contribution in [0.25, 0.3) is 0 Å². The first-order valence-corrected chi connectivity index (χ1v) is 7.84. The third-order valence-corrected chi connectivity index (χ3v) is 4.21. The molecular weight excluding hydrogens is 311 g/mol. The molecule has 2 aromatic rings. The second-order valence-corrected chi connectivity index (χ2v) is 5.91. The molecule has 126 valence electrons. The Morgan fingerprint density at radius 3 is 2.58 bits per heavy atom. The summed E-state index contributed by atoms with van der Waals surface area (Å²) in [5.74, 6) is -0.595. The Kier molecular flexibility index (Phi) is 4.59. The van der Waals surface area contributed by atoms with Crippen LogP contribution in [-0.2, 0) is 18.3 Å². The Morgan fingerprint density at radius 2 is 1.96 bits per heavy atom. The maximum absolute atomic E-state index is 12.8. The lowest BCUT2D eigenvalue weighted by atomic mass is 9.98. The van der Waals surface area contributed by atoms with Gasteiger partial charge in [-0.25, -0.2) is 4.39 Å². The van der Waals surface area contributed by atoms with Crippen LogP contribution in [0.1, 0.15) is 16.1 Å². The van der Waals surface area contributed by atoms with Crippen molar-refractivity contribution in [3.63, 3.8) is 0 Å². The van der Waals surface area contributed by atoms with Crippen molar-refractivity contribution in [2.45, 2.75) is 6.42 Å². The van der Waals surface area contributed by atoms with Crippen molar-refractivity contribution in [2.75, 3.05) is 19.6 Å². The number of aromatic nitrogens is 2. The number of hydrogen-bond donors (Lipinski definition) is 1. The Balaban J connectivity index is 1.41. The monoisotopic (exact) mass is 330 g/mol. The first kappa shape index (κ1) is 16.2. The van der Waals surface area contributed by atoms with Gasteiger partial charge in [0.1, 0.15) is 11.5 Å². The number of nitrogens with one attached hydrogen (secondary N) is 1. The lowest BCUT2D eigenvalue weighted by molar-refractivity contribution is -0.128. The van der Waals surface area contributed by atoms with E-state index >= 15 is 0 Å². The summed E-state index contributed by atoms with van der Waals surface area (Å²) in [5.41, 5.74) is 1.49. The van der Waals surface area contributed by atoms with Crippen LogP contribution in [0.5, 0.6) is 0 Å². The average molecular weight is 330 g/mol. The number of halogens is 1. The van der Waals surface area contributed by atoms with E-state index < -0.39 is 0 Å². The standard InChI is InChI=1S/C17H19FN4O2/c1-21-15(7-9-20-21)17(24)22-10-13(11-22)16(23)19-8-6-12-2-4-14(18)5-3-12/h2-5,7,9,13H,6,8,10-11H2,1H3,(H,19,23). The zero-order chi connectivity index (χ0) is 17.1. The lowest BCUT2D eigenvalue weighted by Crippen LogP contribution is -2.56. The predicted octanol–water partition coefficient (Wildman–Crippen LogP) is 0.990. The molecule has 0 unspecified atom stereocenters. The van der Waals surface area contributed by atoms with Gasteiger partial charge in [-0.05, 0) is 30.2 Å². The van der Waals surface area contributed by atoms with Crippen molar-refractivity contribution in [2.24, 2.45) is 13.0 Å². The molecule has 1 aliphatic rings. The van der Waals surface area contributed by atoms with Gasteiger partial charge in [-0.2, -0.15) is 5.10 Å². The first-order chi connectivity index (χ1) is 11.5. The second kappa shape index (κ2) is 6.82. The summed E-state index contributed by atoms with van der Waals surface area (Å²) in [6, 6.07) is 7.90. The SMILES string of the molecule is Cn1nccc1C(=O)N1CC(C(=O)NCCc2ccc(F)cc2)C1. The number of amides is 2. The minimum absolute atomic E-state index is 0.0498. The van der Waals surface area contributed by atoms with Gasteiger partial charge in [0.15, 0.2) is 0 Å². The van der Waals surface area contributed by atoms with Crippen LogP contribution in [0.3, 0.4) is 0 Å². The van der Waals surface area contributed by atoms with Crippen LogP contribution in [0.15, 0.2) is 36.5 Å². The van der Waals surface area contributed by atoms with Crippen LogP contribution >= 0.6 is 0 Å². The average Bonchev–Trinajstić information content (AvgIpc) is 2.94. The maximum Gasteiger partial charge on any atom is 0.272 e. The molecule has 1 N–H and O–H groups in total. The number of aryl methyl sites for hydroxylation is 1. The van der Waals surface area contributed by atoms with E-state index in [1.807, 2.05) is 0 Å². The quantitative estimate of drug-likeness (QED) is 0.889. The highest BCUT2D eigenvalue weighted by Crippen LogP contribution is 2.18. The zero-order valence-electron chi connectivity index (χ0n) is 13.4. The number of rotatable bonds is 5. The first-order valence-electron chi connectivity index (χ1n) is 7.84. The largest absolute Gasteiger partial charge is 0.355 e. The predicted molar refractivity (Wildman–Crippen MR) is 85.7 cm³/mol. The van der Waals surface area contributed by atoms with Gasteiger partial charge in [0.25, 0.3) is 5.91 Å². The molecule has 0 saturated carbocycles. The van der Waals surface area contributed by atoms with Crippen molar-refractivity contribution in [3.8, 4) is 0 Å². The second-order valence-electron chi connectivity index (χ2n) is 5.91. The van der Waals surface area contributed by atoms with Gasteiger partial charge < -0.3 is 10.2 Å². The van der Waals surface area contributed by atoms with Crippen molar-refractivity contribution in [3.05, 3.63) is 53.6 Å². The third kappa shape index (κ3) is 3.45. The van der Waals surface area contributed by atoms with Crippen LogP contribution < -0.4 is 5.32 Å². The fourth-order valence-corrected chi connectivity index (χ4v) is 2.68.